The van der Waals surface area contributed by atoms with E-state index in [1.54, 1.807) is 24.3 Å². The van der Waals surface area contributed by atoms with Crippen LogP contribution < -0.4 is 10.9 Å². The Morgan fingerprint density at radius 2 is 1.81 bits per heavy atom. The second-order valence-corrected chi connectivity index (χ2v) is 6.71. The maximum atomic E-state index is 14.2. The van der Waals surface area contributed by atoms with Gasteiger partial charge in [-0.2, -0.15) is 0 Å². The van der Waals surface area contributed by atoms with Gasteiger partial charge in [-0.3, -0.25) is 20.4 Å². The molecule has 0 aliphatic heterocycles. The Kier molecular flexibility index (Phi) is 5.57. The minimum Gasteiger partial charge on any atom is -0.360 e. The third kappa shape index (κ3) is 3.86. The number of hydrogen-bond donors (Lipinski definition) is 2. The van der Waals surface area contributed by atoms with Crippen LogP contribution in [0.25, 0.3) is 11.3 Å². The van der Waals surface area contributed by atoms with Gasteiger partial charge in [0, 0.05) is 4.47 Å². The van der Waals surface area contributed by atoms with Gasteiger partial charge in [0.1, 0.15) is 22.8 Å². The maximum Gasteiger partial charge on any atom is 0.275 e. The molecule has 1 heterocycles. The van der Waals surface area contributed by atoms with E-state index in [2.05, 4.69) is 31.9 Å². The first-order chi connectivity index (χ1) is 12.9. The van der Waals surface area contributed by atoms with Crippen molar-refractivity contribution in [3.63, 3.8) is 0 Å². The number of aromatic nitrogens is 1. The largest absolute Gasteiger partial charge is 0.360 e. The van der Waals surface area contributed by atoms with E-state index >= 15 is 0 Å². The van der Waals surface area contributed by atoms with E-state index in [4.69, 9.17) is 16.1 Å². The molecule has 0 aliphatic rings. The van der Waals surface area contributed by atoms with E-state index in [1.165, 1.54) is 25.1 Å². The van der Waals surface area contributed by atoms with Gasteiger partial charge in [-0.25, -0.2) is 4.39 Å². The van der Waals surface area contributed by atoms with E-state index in [-0.39, 0.29) is 27.6 Å². The predicted molar refractivity (Wildman–Crippen MR) is 101 cm³/mol. The van der Waals surface area contributed by atoms with Gasteiger partial charge >= 0.3 is 0 Å². The Bertz CT molecular complexity index is 1020. The second kappa shape index (κ2) is 7.89. The van der Waals surface area contributed by atoms with Crippen molar-refractivity contribution in [1.29, 1.82) is 0 Å². The highest BCUT2D eigenvalue weighted by molar-refractivity contribution is 9.10. The molecule has 1 aromatic heterocycles. The Morgan fingerprint density at radius 1 is 1.11 bits per heavy atom. The average molecular weight is 453 g/mol. The molecule has 0 atom stereocenters. The summed E-state index contributed by atoms with van der Waals surface area (Å²) in [6.07, 6.45) is 0. The maximum absolute atomic E-state index is 14.2. The van der Waals surface area contributed by atoms with E-state index in [0.29, 0.717) is 10.0 Å². The summed E-state index contributed by atoms with van der Waals surface area (Å²) in [5, 5.41) is 3.83. The summed E-state index contributed by atoms with van der Waals surface area (Å²) >= 11 is 9.30. The predicted octanol–water partition coefficient (Wildman–Crippen LogP) is 4.28. The molecule has 0 aliphatic carbocycles. The fraction of sp³-hybridized carbons (Fsp3) is 0.0556. The lowest BCUT2D eigenvalue weighted by atomic mass is 10.1. The highest BCUT2D eigenvalue weighted by Crippen LogP contribution is 2.33. The highest BCUT2D eigenvalue weighted by atomic mass is 79.9. The van der Waals surface area contributed by atoms with Crippen molar-refractivity contribution in [3.05, 3.63) is 74.7 Å². The van der Waals surface area contributed by atoms with Crippen LogP contribution in [0.1, 0.15) is 26.5 Å². The molecule has 0 saturated carbocycles. The highest BCUT2D eigenvalue weighted by Gasteiger charge is 2.25. The number of hydrazine groups is 1. The van der Waals surface area contributed by atoms with Crippen LogP contribution in [0, 0.1) is 12.7 Å². The number of carbonyl (C=O) groups is 2. The number of nitrogens with one attached hydrogen (secondary N) is 2. The van der Waals surface area contributed by atoms with Gasteiger partial charge in [-0.1, -0.05) is 35.0 Å². The zero-order valence-corrected chi connectivity index (χ0v) is 16.2. The van der Waals surface area contributed by atoms with Crippen molar-refractivity contribution >= 4 is 39.3 Å². The van der Waals surface area contributed by atoms with Crippen LogP contribution in [-0.2, 0) is 0 Å². The third-order valence-corrected chi connectivity index (χ3v) is 4.70. The quantitative estimate of drug-likeness (QED) is 0.581. The van der Waals surface area contributed by atoms with Gasteiger partial charge in [-0.15, -0.1) is 0 Å². The Morgan fingerprint density at radius 3 is 2.52 bits per heavy atom. The molecular formula is C18H12BrClFN3O3. The fourth-order valence-electron chi connectivity index (χ4n) is 2.42. The van der Waals surface area contributed by atoms with Gasteiger partial charge in [0.15, 0.2) is 0 Å². The number of halogens is 3. The fourth-order valence-corrected chi connectivity index (χ4v) is 3.14. The van der Waals surface area contributed by atoms with Crippen molar-refractivity contribution in [2.75, 3.05) is 0 Å². The molecule has 0 fully saturated rings. The topological polar surface area (TPSA) is 84.2 Å². The molecule has 0 bridgehead atoms. The van der Waals surface area contributed by atoms with Crippen molar-refractivity contribution in [2.45, 2.75) is 6.92 Å². The second-order valence-electron chi connectivity index (χ2n) is 5.45. The Hall–Kier alpha value is -2.71. The van der Waals surface area contributed by atoms with E-state index in [0.717, 1.165) is 0 Å². The molecule has 3 rings (SSSR count). The standard InChI is InChI=1S/C18H12BrClFN3O3/c1-9-14(16(24-27-9)15-12(20)7-4-8-13(15)21)18(26)23-22-17(25)10-5-2-3-6-11(10)19/h2-8H,1H3,(H,22,25)(H,23,26). The Balaban J connectivity index is 1.85. The normalized spacial score (nSPS) is 10.5. The van der Waals surface area contributed by atoms with Gasteiger partial charge in [-0.05, 0) is 47.1 Å². The molecule has 0 saturated heterocycles. The molecule has 6 nitrogen and oxygen atoms in total. The molecule has 2 amide bonds. The van der Waals surface area contributed by atoms with Crippen LogP contribution >= 0.6 is 27.5 Å². The molecule has 9 heteroatoms. The smallest absolute Gasteiger partial charge is 0.275 e. The lowest BCUT2D eigenvalue weighted by Crippen LogP contribution is -2.42. The first-order valence-corrected chi connectivity index (χ1v) is 8.83. The van der Waals surface area contributed by atoms with Crippen molar-refractivity contribution in [1.82, 2.24) is 16.0 Å². The summed E-state index contributed by atoms with van der Waals surface area (Å²) in [6.45, 7) is 1.50. The number of rotatable bonds is 3. The molecule has 27 heavy (non-hydrogen) atoms. The summed E-state index contributed by atoms with van der Waals surface area (Å²) in [6, 6.07) is 10.8. The molecule has 138 valence electrons. The summed E-state index contributed by atoms with van der Waals surface area (Å²) in [5.74, 6) is -1.75. The van der Waals surface area contributed by atoms with E-state index < -0.39 is 17.6 Å². The van der Waals surface area contributed by atoms with Gasteiger partial charge in [0.2, 0.25) is 0 Å². The number of amides is 2. The van der Waals surface area contributed by atoms with Gasteiger partial charge in [0.25, 0.3) is 11.8 Å². The SMILES string of the molecule is Cc1onc(-c2c(F)cccc2Cl)c1C(=O)NNC(=O)c1ccccc1Br. The zero-order valence-electron chi connectivity index (χ0n) is 13.8. The van der Waals surface area contributed by atoms with Crippen LogP contribution in [0.4, 0.5) is 4.39 Å². The lowest BCUT2D eigenvalue weighted by Gasteiger charge is -2.09. The van der Waals surface area contributed by atoms with Crippen LogP contribution in [-0.4, -0.2) is 17.0 Å². The number of aryl methyl sites for hydroxylation is 1. The molecule has 0 spiro atoms. The van der Waals surface area contributed by atoms with Crippen molar-refractivity contribution in [3.8, 4) is 11.3 Å². The average Bonchev–Trinajstić information content (AvgIpc) is 3.01. The minimum absolute atomic E-state index is 0.0329. The van der Waals surface area contributed by atoms with Crippen LogP contribution in [0.5, 0.6) is 0 Å². The molecule has 2 aromatic carbocycles. The molecule has 0 radical (unpaired) electrons. The van der Waals surface area contributed by atoms with Gasteiger partial charge in [0.05, 0.1) is 16.1 Å². The first kappa shape index (κ1) is 19.1. The van der Waals surface area contributed by atoms with Gasteiger partial charge < -0.3 is 4.52 Å². The monoisotopic (exact) mass is 451 g/mol. The van der Waals surface area contributed by atoms with Crippen molar-refractivity contribution < 1.29 is 18.5 Å². The Labute approximate surface area is 166 Å². The lowest BCUT2D eigenvalue weighted by molar-refractivity contribution is 0.0845. The van der Waals surface area contributed by atoms with Crippen LogP contribution in [0.15, 0.2) is 51.5 Å². The molecule has 2 N–H and O–H groups in total. The number of carbonyl (C=O) groups excluding carboxylic acids is 2. The minimum atomic E-state index is -0.719. The summed E-state index contributed by atoms with van der Waals surface area (Å²) in [7, 11) is 0. The molecule has 0 unspecified atom stereocenters. The van der Waals surface area contributed by atoms with Crippen LogP contribution in [0.2, 0.25) is 5.02 Å². The number of benzene rings is 2. The third-order valence-electron chi connectivity index (χ3n) is 3.70. The van der Waals surface area contributed by atoms with Crippen LogP contribution in [0.3, 0.4) is 0 Å². The van der Waals surface area contributed by atoms with E-state index in [9.17, 15) is 14.0 Å². The molecule has 3 aromatic rings. The summed E-state index contributed by atoms with van der Waals surface area (Å²) in [4.78, 5) is 24.8. The van der Waals surface area contributed by atoms with Crippen molar-refractivity contribution in [2.24, 2.45) is 0 Å². The number of nitrogens with zero attached hydrogens (tertiary/aromatic N) is 1. The number of hydrogen-bond acceptors (Lipinski definition) is 4. The summed E-state index contributed by atoms with van der Waals surface area (Å²) in [5.41, 5.74) is 4.76. The summed E-state index contributed by atoms with van der Waals surface area (Å²) < 4.78 is 19.8. The first-order valence-electron chi connectivity index (χ1n) is 7.66. The molecular weight excluding hydrogens is 441 g/mol. The van der Waals surface area contributed by atoms with E-state index in [1.807, 2.05) is 0 Å². The zero-order chi connectivity index (χ0) is 19.6.